The van der Waals surface area contributed by atoms with Crippen LogP contribution in [0.4, 0.5) is 0 Å². The lowest BCUT2D eigenvalue weighted by molar-refractivity contribution is 0.786. The van der Waals surface area contributed by atoms with Crippen molar-refractivity contribution < 1.29 is 0 Å². The van der Waals surface area contributed by atoms with Gasteiger partial charge in [-0.3, -0.25) is 0 Å². The van der Waals surface area contributed by atoms with Crippen LogP contribution in [0.15, 0.2) is 37.0 Å². The van der Waals surface area contributed by atoms with E-state index in [1.807, 2.05) is 0 Å². The van der Waals surface area contributed by atoms with E-state index < -0.39 is 0 Å². The van der Waals surface area contributed by atoms with Crippen molar-refractivity contribution in [2.45, 2.75) is 20.8 Å². The third kappa shape index (κ3) is 3.22. The highest BCUT2D eigenvalue weighted by molar-refractivity contribution is 5.29. The van der Waals surface area contributed by atoms with Crippen LogP contribution in [0.5, 0.6) is 0 Å². The fourth-order valence-corrected chi connectivity index (χ4v) is 1.06. The van der Waals surface area contributed by atoms with E-state index in [1.54, 1.807) is 0 Å². The van der Waals surface area contributed by atoms with Gasteiger partial charge in [0.05, 0.1) is 0 Å². The molecule has 0 saturated carbocycles. The second-order valence-electron chi connectivity index (χ2n) is 3.04. The maximum Gasteiger partial charge on any atom is -0.00727 e. The summed E-state index contributed by atoms with van der Waals surface area (Å²) in [5.74, 6) is 1.37. The summed E-state index contributed by atoms with van der Waals surface area (Å²) >= 11 is 0. The van der Waals surface area contributed by atoms with Crippen LogP contribution in [0.1, 0.15) is 20.8 Å². The minimum atomic E-state index is 0.669. The van der Waals surface area contributed by atoms with Crippen molar-refractivity contribution in [3.63, 3.8) is 0 Å². The summed E-state index contributed by atoms with van der Waals surface area (Å²) < 4.78 is 0. The maximum absolute atomic E-state index is 3.00. The average Bonchev–Trinajstić information content (AvgIpc) is 2.40. The Morgan fingerprint density at radius 2 is 1.91 bits per heavy atom. The molecule has 11 heavy (non-hydrogen) atoms. The van der Waals surface area contributed by atoms with E-state index in [0.717, 1.165) is 0 Å². The summed E-state index contributed by atoms with van der Waals surface area (Å²) in [6.07, 6.45) is 6.80. The van der Waals surface area contributed by atoms with Crippen molar-refractivity contribution in [2.24, 2.45) is 11.8 Å². The zero-order valence-corrected chi connectivity index (χ0v) is 7.80. The van der Waals surface area contributed by atoms with Crippen LogP contribution in [0.2, 0.25) is 0 Å². The molecule has 0 heteroatoms. The van der Waals surface area contributed by atoms with E-state index in [4.69, 9.17) is 0 Å². The zero-order chi connectivity index (χ0) is 8.85. The molecule has 0 bridgehead atoms. The average molecular weight is 150 g/mol. The van der Waals surface area contributed by atoms with E-state index in [1.165, 1.54) is 5.57 Å². The molecule has 0 aliphatic heterocycles. The van der Waals surface area contributed by atoms with Gasteiger partial charge in [-0.05, 0) is 17.4 Å². The third-order valence-corrected chi connectivity index (χ3v) is 1.71. The first-order chi connectivity index (χ1) is 5.20. The highest BCUT2D eigenvalue weighted by Crippen LogP contribution is 2.21. The molecule has 0 aromatic carbocycles. The minimum absolute atomic E-state index is 0.669. The molecule has 1 rings (SSSR count). The summed E-state index contributed by atoms with van der Waals surface area (Å²) in [4.78, 5) is 0. The van der Waals surface area contributed by atoms with E-state index in [-0.39, 0.29) is 0 Å². The topological polar surface area (TPSA) is 0 Å². The molecular weight excluding hydrogens is 132 g/mol. The first-order valence-electron chi connectivity index (χ1n) is 4.10. The Labute approximate surface area is 70.3 Å². The summed E-state index contributed by atoms with van der Waals surface area (Å²) in [6, 6.07) is 0. The Morgan fingerprint density at radius 1 is 1.36 bits per heavy atom. The van der Waals surface area contributed by atoms with Gasteiger partial charge < -0.3 is 0 Å². The number of allylic oxidation sites excluding steroid dienone is 4. The Hall–Kier alpha value is -0.780. The van der Waals surface area contributed by atoms with Gasteiger partial charge in [0.1, 0.15) is 0 Å². The summed E-state index contributed by atoms with van der Waals surface area (Å²) in [6.45, 7) is 12.7. The van der Waals surface area contributed by atoms with E-state index in [0.29, 0.717) is 11.8 Å². The van der Waals surface area contributed by atoms with E-state index in [2.05, 4.69) is 52.2 Å². The third-order valence-electron chi connectivity index (χ3n) is 1.71. The van der Waals surface area contributed by atoms with Crippen molar-refractivity contribution in [3.8, 4) is 0 Å². The van der Waals surface area contributed by atoms with E-state index in [9.17, 15) is 0 Å². The van der Waals surface area contributed by atoms with Crippen LogP contribution >= 0.6 is 0 Å². The lowest BCUT2D eigenvalue weighted by Gasteiger charge is -2.01. The van der Waals surface area contributed by atoms with Crippen LogP contribution in [0, 0.1) is 11.8 Å². The van der Waals surface area contributed by atoms with Crippen molar-refractivity contribution in [1.82, 2.24) is 0 Å². The van der Waals surface area contributed by atoms with Crippen LogP contribution in [0.3, 0.4) is 0 Å². The molecule has 1 aliphatic carbocycles. The Bertz CT molecular complexity index is 161. The highest BCUT2D eigenvalue weighted by Gasteiger charge is 2.06. The molecule has 1 unspecified atom stereocenters. The van der Waals surface area contributed by atoms with Crippen LogP contribution < -0.4 is 0 Å². The molecule has 0 spiro atoms. The smallest absolute Gasteiger partial charge is 0.00727 e. The van der Waals surface area contributed by atoms with Gasteiger partial charge in [-0.2, -0.15) is 0 Å². The summed E-state index contributed by atoms with van der Waals surface area (Å²) in [7, 11) is 0. The first kappa shape index (κ1) is 10.2. The Morgan fingerprint density at radius 3 is 2.09 bits per heavy atom. The van der Waals surface area contributed by atoms with Crippen molar-refractivity contribution in [2.75, 3.05) is 0 Å². The molecule has 0 heterocycles. The summed E-state index contributed by atoms with van der Waals surface area (Å²) in [5.41, 5.74) is 1.49. The predicted octanol–water partition coefficient (Wildman–Crippen LogP) is 3.58. The quantitative estimate of drug-likeness (QED) is 0.501. The molecule has 0 radical (unpaired) electrons. The van der Waals surface area contributed by atoms with Gasteiger partial charge in [-0.25, -0.2) is 0 Å². The van der Waals surface area contributed by atoms with Crippen LogP contribution in [0.25, 0.3) is 0 Å². The van der Waals surface area contributed by atoms with Gasteiger partial charge in [-0.1, -0.05) is 39.0 Å². The first-order valence-corrected chi connectivity index (χ1v) is 4.10. The van der Waals surface area contributed by atoms with Gasteiger partial charge in [-0.15, -0.1) is 13.2 Å². The molecule has 1 atom stereocenters. The molecule has 62 valence electrons. The van der Waals surface area contributed by atoms with Crippen LogP contribution in [-0.2, 0) is 0 Å². The SMILES string of the molecule is C=C.CC1C=CC(C(C)C)=C1. The van der Waals surface area contributed by atoms with Gasteiger partial charge >= 0.3 is 0 Å². The molecule has 0 fully saturated rings. The molecule has 0 aromatic rings. The molecule has 0 amide bonds. The molecule has 0 aromatic heterocycles. The van der Waals surface area contributed by atoms with Gasteiger partial charge in [0.25, 0.3) is 0 Å². The maximum atomic E-state index is 3.00. The van der Waals surface area contributed by atoms with Gasteiger partial charge in [0.2, 0.25) is 0 Å². The fraction of sp³-hybridized carbons (Fsp3) is 0.455. The second-order valence-corrected chi connectivity index (χ2v) is 3.04. The van der Waals surface area contributed by atoms with Crippen LogP contribution in [-0.4, -0.2) is 0 Å². The largest absolute Gasteiger partial charge is 0.106 e. The molecule has 0 N–H and O–H groups in total. The van der Waals surface area contributed by atoms with E-state index >= 15 is 0 Å². The summed E-state index contributed by atoms with van der Waals surface area (Å²) in [5, 5.41) is 0. The van der Waals surface area contributed by atoms with Gasteiger partial charge in [0.15, 0.2) is 0 Å². The lowest BCUT2D eigenvalue weighted by atomic mass is 10.0. The van der Waals surface area contributed by atoms with Gasteiger partial charge in [0, 0.05) is 0 Å². The number of hydrogen-bond donors (Lipinski definition) is 0. The normalized spacial score (nSPS) is 21.1. The molecule has 0 saturated heterocycles. The zero-order valence-electron chi connectivity index (χ0n) is 7.80. The predicted molar refractivity (Wildman–Crippen MR) is 52.5 cm³/mol. The van der Waals surface area contributed by atoms with Crippen molar-refractivity contribution in [3.05, 3.63) is 37.0 Å². The molecular formula is C11H18. The highest BCUT2D eigenvalue weighted by atomic mass is 14.1. The standard InChI is InChI=1S/C9H14.C2H4/c1-7(2)9-5-4-8(3)6-9;1-2/h4-8H,1-3H3;1-2H2. The van der Waals surface area contributed by atoms with Crippen molar-refractivity contribution in [1.29, 1.82) is 0 Å². The monoisotopic (exact) mass is 150 g/mol. The molecule has 1 aliphatic rings. The Kier molecular flexibility index (Phi) is 4.60. The molecule has 0 nitrogen and oxygen atoms in total. The number of hydrogen-bond acceptors (Lipinski definition) is 0. The lowest BCUT2D eigenvalue weighted by Crippen LogP contribution is -1.87. The fourth-order valence-electron chi connectivity index (χ4n) is 1.06. The Balaban J connectivity index is 0.000000461. The minimum Gasteiger partial charge on any atom is -0.106 e. The number of rotatable bonds is 1. The van der Waals surface area contributed by atoms with Crippen molar-refractivity contribution >= 4 is 0 Å². The second kappa shape index (κ2) is 4.95.